The monoisotopic (exact) mass is 1000 g/mol. The number of aryl methyl sites for hydroxylation is 3. The first-order chi connectivity index (χ1) is 32.0. The Kier molecular flexibility index (Phi) is 15.5. The van der Waals surface area contributed by atoms with Gasteiger partial charge in [-0.25, -0.2) is 27.8 Å². The average molecular weight is 1000 g/mol. The number of terminal acetylenes is 1. The van der Waals surface area contributed by atoms with Crippen LogP contribution in [0.4, 0.5) is 28.9 Å². The summed E-state index contributed by atoms with van der Waals surface area (Å²) in [6.07, 6.45) is 6.10. The molecular formula is C45H49Cl2F4N11O5S. The van der Waals surface area contributed by atoms with Gasteiger partial charge < -0.3 is 14.0 Å². The molecule has 4 aromatic heterocycles. The standard InChI is InChI=1S/C18H17FN4O2S.C15H14Cl2F3N3O3.C12H18N4/c1-4-5-22-13-7-12(11(19)6-14(13)25-9-16(22)24)20-17-23-10-18(2,3)8-15(23)21-26-17;1-3-26-13(24)10(17)4-8-5-12(11(18)6-9(8)16)23-15(25)22(14(19)20)7(2)21-23;1-7-9(3)13-16(11(7)5)12-8(2)10(4)15(6)14-12/h1,6-7H,5,8-10H2,2-3H3;5-6,10,14H,3-4H2,1-2H3;1-6H3. The molecule has 2 aliphatic heterocycles. The summed E-state index contributed by atoms with van der Waals surface area (Å²) in [6.45, 7) is 15.2. The molecule has 362 valence electrons. The van der Waals surface area contributed by atoms with Crippen LogP contribution in [0.3, 0.4) is 0 Å². The molecule has 0 bridgehead atoms. The molecule has 2 aromatic carbocycles. The third kappa shape index (κ3) is 10.6. The fraction of sp³-hybridized carbons (Fsp3) is 0.422. The van der Waals surface area contributed by atoms with E-state index < -0.39 is 35.2 Å². The van der Waals surface area contributed by atoms with Gasteiger partial charge in [-0.15, -0.1) is 23.1 Å². The van der Waals surface area contributed by atoms with E-state index in [2.05, 4.69) is 72.1 Å². The molecule has 1 amide bonds. The highest BCUT2D eigenvalue weighted by Gasteiger charge is 2.32. The van der Waals surface area contributed by atoms with Gasteiger partial charge in [-0.1, -0.05) is 31.4 Å². The van der Waals surface area contributed by atoms with E-state index in [1.165, 1.54) is 58.0 Å². The van der Waals surface area contributed by atoms with Crippen LogP contribution in [0.15, 0.2) is 34.1 Å². The number of benzene rings is 2. The Morgan fingerprint density at radius 2 is 1.71 bits per heavy atom. The van der Waals surface area contributed by atoms with Crippen molar-refractivity contribution < 1.29 is 36.6 Å². The normalized spacial score (nSPS) is 14.4. The molecule has 6 heterocycles. The first kappa shape index (κ1) is 51.2. The molecule has 0 spiro atoms. The van der Waals surface area contributed by atoms with Crippen LogP contribution in [0.5, 0.6) is 5.75 Å². The van der Waals surface area contributed by atoms with Crippen LogP contribution in [0.1, 0.15) is 72.7 Å². The van der Waals surface area contributed by atoms with E-state index in [0.717, 1.165) is 42.4 Å². The van der Waals surface area contributed by atoms with Crippen molar-refractivity contribution in [3.05, 3.63) is 102 Å². The first-order valence-electron chi connectivity index (χ1n) is 21.1. The van der Waals surface area contributed by atoms with E-state index >= 15 is 0 Å². The maximum absolute atomic E-state index is 14.5. The van der Waals surface area contributed by atoms with E-state index in [4.69, 9.17) is 39.1 Å². The summed E-state index contributed by atoms with van der Waals surface area (Å²) < 4.78 is 75.7. The largest absolute Gasteiger partial charge is 0.481 e. The smallest absolute Gasteiger partial charge is 0.355 e. The van der Waals surface area contributed by atoms with Crippen molar-refractivity contribution >= 4 is 58.0 Å². The van der Waals surface area contributed by atoms with Crippen molar-refractivity contribution in [1.82, 2.24) is 42.8 Å². The number of carbonyl (C=O) groups is 2. The third-order valence-corrected chi connectivity index (χ3v) is 12.8. The fourth-order valence-corrected chi connectivity index (χ4v) is 8.55. The van der Waals surface area contributed by atoms with Crippen LogP contribution in [0.25, 0.3) is 11.5 Å². The number of fused-ring (bicyclic) bond motifs is 2. The Bertz CT molecular complexity index is 3040. The van der Waals surface area contributed by atoms with E-state index in [-0.39, 0.29) is 69.9 Å². The number of anilines is 1. The lowest BCUT2D eigenvalue weighted by molar-refractivity contribution is -0.142. The molecule has 23 heteroatoms. The Labute approximate surface area is 402 Å². The molecule has 1 unspecified atom stereocenters. The molecule has 0 saturated heterocycles. The average Bonchev–Trinajstić information content (AvgIpc) is 4.02. The summed E-state index contributed by atoms with van der Waals surface area (Å²) in [4.78, 5) is 42.3. The van der Waals surface area contributed by atoms with Gasteiger partial charge in [0, 0.05) is 66.0 Å². The Hall–Kier alpha value is -6.24. The summed E-state index contributed by atoms with van der Waals surface area (Å²) in [5.74, 6) is 1.94. The second kappa shape index (κ2) is 20.5. The van der Waals surface area contributed by atoms with Gasteiger partial charge >= 0.3 is 18.2 Å². The van der Waals surface area contributed by atoms with Gasteiger partial charge in [-0.05, 0) is 83.2 Å². The van der Waals surface area contributed by atoms with Crippen molar-refractivity contribution in [3.63, 3.8) is 0 Å². The first-order valence-corrected chi connectivity index (χ1v) is 22.7. The lowest BCUT2D eigenvalue weighted by Gasteiger charge is -2.28. The number of halogens is 6. The number of aromatic nitrogens is 9. The number of esters is 1. The van der Waals surface area contributed by atoms with Gasteiger partial charge in [0.05, 0.1) is 24.5 Å². The zero-order chi connectivity index (χ0) is 50.1. The summed E-state index contributed by atoms with van der Waals surface area (Å²) in [5.41, 5.74) is 5.15. The van der Waals surface area contributed by atoms with Gasteiger partial charge in [0.2, 0.25) is 4.80 Å². The molecule has 16 nitrogen and oxygen atoms in total. The van der Waals surface area contributed by atoms with Gasteiger partial charge in [0.15, 0.2) is 24.1 Å². The van der Waals surface area contributed by atoms with Crippen molar-refractivity contribution in [2.75, 3.05) is 24.7 Å². The fourth-order valence-electron chi connectivity index (χ4n) is 7.34. The summed E-state index contributed by atoms with van der Waals surface area (Å²) >= 11 is 13.1. The van der Waals surface area contributed by atoms with Crippen molar-refractivity contribution in [2.45, 2.75) is 93.6 Å². The zero-order valence-electron chi connectivity index (χ0n) is 38.9. The van der Waals surface area contributed by atoms with Crippen LogP contribution < -0.4 is 20.1 Å². The van der Waals surface area contributed by atoms with E-state index in [1.807, 2.05) is 27.9 Å². The van der Waals surface area contributed by atoms with Crippen molar-refractivity contribution in [2.24, 2.45) is 17.5 Å². The Morgan fingerprint density at radius 3 is 2.29 bits per heavy atom. The molecule has 2 aliphatic rings. The predicted molar refractivity (Wildman–Crippen MR) is 249 cm³/mol. The number of carbonyl (C=O) groups excluding carboxylic acids is 2. The number of hydrogen-bond acceptors (Lipinski definition) is 11. The molecule has 0 radical (unpaired) electrons. The summed E-state index contributed by atoms with van der Waals surface area (Å²) in [7, 11) is 1.96. The Morgan fingerprint density at radius 1 is 1.00 bits per heavy atom. The molecule has 0 saturated carbocycles. The molecule has 68 heavy (non-hydrogen) atoms. The molecule has 1 atom stereocenters. The maximum Gasteiger partial charge on any atom is 0.355 e. The van der Waals surface area contributed by atoms with E-state index in [0.29, 0.717) is 20.9 Å². The highest BCUT2D eigenvalue weighted by Crippen LogP contribution is 2.38. The maximum atomic E-state index is 14.5. The van der Waals surface area contributed by atoms with Gasteiger partial charge in [-0.3, -0.25) is 19.2 Å². The highest BCUT2D eigenvalue weighted by molar-refractivity contribution is 7.02. The molecular weight excluding hydrogens is 954 g/mol. The second-order valence-electron chi connectivity index (χ2n) is 16.7. The number of amides is 1. The van der Waals surface area contributed by atoms with Crippen LogP contribution >= 0.6 is 34.7 Å². The number of nitrogens with zero attached hydrogens (tertiary/aromatic N) is 11. The van der Waals surface area contributed by atoms with Crippen LogP contribution in [-0.2, 0) is 40.8 Å². The number of alkyl halides is 3. The van der Waals surface area contributed by atoms with Gasteiger partial charge in [0.25, 0.3) is 5.91 Å². The molecule has 0 fully saturated rings. The summed E-state index contributed by atoms with van der Waals surface area (Å²) in [6, 6.07) is 4.78. The zero-order valence-corrected chi connectivity index (χ0v) is 41.2. The molecule has 0 aliphatic carbocycles. The topological polar surface area (TPSA) is 161 Å². The predicted octanol–water partition coefficient (Wildman–Crippen LogP) is 7.65. The SMILES string of the molecule is C#CCN1C(=O)COc2cc(F)c(N=c3snc4n3CC(C)(C)C4)cc21.CCOC(=O)C(Cl)Cc1cc(-n2nc(C)n(C(F)F)c2=O)c(F)cc1Cl.Cc1nn(-c2nn(C)c(C)c2C)c(C)c1C. The minimum atomic E-state index is -3.12. The molecule has 0 N–H and O–H groups in total. The van der Waals surface area contributed by atoms with Crippen molar-refractivity contribution in [1.29, 1.82) is 0 Å². The van der Waals surface area contributed by atoms with Gasteiger partial charge in [0.1, 0.15) is 34.2 Å². The highest BCUT2D eigenvalue weighted by atomic mass is 35.5. The molecule has 6 aromatic rings. The quantitative estimate of drug-likeness (QED) is 0.0614. The van der Waals surface area contributed by atoms with Gasteiger partial charge in [-0.2, -0.15) is 28.0 Å². The number of hydrogen-bond donors (Lipinski definition) is 0. The van der Waals surface area contributed by atoms with E-state index in [1.54, 1.807) is 6.92 Å². The summed E-state index contributed by atoms with van der Waals surface area (Å²) in [5, 5.41) is 11.6. The molecule has 8 rings (SSSR count). The minimum absolute atomic E-state index is 0.0424. The number of rotatable bonds is 9. The third-order valence-electron chi connectivity index (χ3n) is 11.4. The second-order valence-corrected chi connectivity index (χ2v) is 18.4. The number of ether oxygens (including phenoxy) is 2. The minimum Gasteiger partial charge on any atom is -0.481 e. The van der Waals surface area contributed by atoms with Crippen LogP contribution in [0, 0.1) is 70.9 Å². The van der Waals surface area contributed by atoms with E-state index in [9.17, 15) is 31.9 Å². The van der Waals surface area contributed by atoms with Crippen LogP contribution in [-0.4, -0.2) is 79.9 Å². The van der Waals surface area contributed by atoms with Crippen LogP contribution in [0.2, 0.25) is 5.02 Å². The lowest BCUT2D eigenvalue weighted by Crippen LogP contribution is -2.39. The Balaban J connectivity index is 0.000000173. The lowest BCUT2D eigenvalue weighted by atomic mass is 9.92. The van der Waals surface area contributed by atoms with Crippen molar-refractivity contribution in [3.8, 4) is 29.6 Å².